The molecular weight excluding hydrogens is 242 g/mol. The van der Waals surface area contributed by atoms with Crippen LogP contribution in [0, 0.1) is 11.3 Å². The maximum atomic E-state index is 11.0. The Hall–Kier alpha value is -1.85. The number of nitriles is 1. The summed E-state index contributed by atoms with van der Waals surface area (Å²) in [6, 6.07) is 0.736. The Kier molecular flexibility index (Phi) is 4.88. The molecule has 0 aliphatic carbocycles. The molecule has 3 N–H and O–H groups in total. The SMILES string of the molecule is CC(=O)N[C@@H]1[C@@H](O)[C@H](O)[C@@H](CC#N)O[C@H]1N=[N+]=[N-]. The van der Waals surface area contributed by atoms with Crippen LogP contribution in [0.1, 0.15) is 13.3 Å². The number of amides is 1. The van der Waals surface area contributed by atoms with Crippen molar-refractivity contribution in [3.63, 3.8) is 0 Å². The maximum Gasteiger partial charge on any atom is 0.217 e. The number of aliphatic hydroxyl groups is 2. The molecule has 0 aromatic carbocycles. The number of azide groups is 1. The normalized spacial score (nSPS) is 35.1. The van der Waals surface area contributed by atoms with Crippen molar-refractivity contribution in [2.75, 3.05) is 0 Å². The second kappa shape index (κ2) is 6.18. The van der Waals surface area contributed by atoms with Gasteiger partial charge < -0.3 is 20.3 Å². The summed E-state index contributed by atoms with van der Waals surface area (Å²) in [7, 11) is 0. The van der Waals surface area contributed by atoms with Gasteiger partial charge in [0.25, 0.3) is 0 Å². The number of hydrogen-bond donors (Lipinski definition) is 3. The summed E-state index contributed by atoms with van der Waals surface area (Å²) in [6.45, 7) is 1.22. The number of hydrogen-bond acceptors (Lipinski definition) is 6. The van der Waals surface area contributed by atoms with Gasteiger partial charge in [0.1, 0.15) is 12.2 Å². The number of carbonyl (C=O) groups is 1. The third-order valence-electron chi connectivity index (χ3n) is 2.55. The Morgan fingerprint density at radius 2 is 2.28 bits per heavy atom. The molecule has 0 bridgehead atoms. The Morgan fingerprint density at radius 3 is 2.78 bits per heavy atom. The molecule has 0 radical (unpaired) electrons. The molecule has 1 saturated heterocycles. The molecule has 0 spiro atoms. The Morgan fingerprint density at radius 1 is 1.61 bits per heavy atom. The van der Waals surface area contributed by atoms with Crippen LogP contribution in [0.25, 0.3) is 10.4 Å². The van der Waals surface area contributed by atoms with Crippen LogP contribution in [-0.4, -0.2) is 46.7 Å². The minimum atomic E-state index is -1.38. The summed E-state index contributed by atoms with van der Waals surface area (Å²) in [6.07, 6.45) is -5.02. The summed E-state index contributed by atoms with van der Waals surface area (Å²) in [5.41, 5.74) is 8.40. The van der Waals surface area contributed by atoms with Crippen molar-refractivity contribution >= 4 is 5.91 Å². The predicted molar refractivity (Wildman–Crippen MR) is 57.7 cm³/mol. The lowest BCUT2D eigenvalue weighted by Crippen LogP contribution is -2.62. The van der Waals surface area contributed by atoms with Crippen LogP contribution in [0.3, 0.4) is 0 Å². The summed E-state index contributed by atoms with van der Waals surface area (Å²) in [5.74, 6) is -0.466. The second-order valence-corrected chi connectivity index (χ2v) is 3.84. The molecule has 0 unspecified atom stereocenters. The van der Waals surface area contributed by atoms with E-state index in [1.54, 1.807) is 6.07 Å². The molecule has 0 saturated carbocycles. The zero-order valence-electron chi connectivity index (χ0n) is 9.59. The van der Waals surface area contributed by atoms with Crippen molar-refractivity contribution in [3.05, 3.63) is 10.4 Å². The fourth-order valence-electron chi connectivity index (χ4n) is 1.75. The van der Waals surface area contributed by atoms with E-state index in [1.165, 1.54) is 6.92 Å². The summed E-state index contributed by atoms with van der Waals surface area (Å²) >= 11 is 0. The summed E-state index contributed by atoms with van der Waals surface area (Å²) in [5, 5.41) is 33.8. The number of carbonyl (C=O) groups excluding carboxylic acids is 1. The number of ether oxygens (including phenoxy) is 1. The average Bonchev–Trinajstić information content (AvgIpc) is 2.31. The highest BCUT2D eigenvalue weighted by Crippen LogP contribution is 2.24. The molecular formula is C9H13N5O4. The fraction of sp³-hybridized carbons (Fsp3) is 0.778. The summed E-state index contributed by atoms with van der Waals surface area (Å²) < 4.78 is 5.20. The lowest BCUT2D eigenvalue weighted by Gasteiger charge is -2.40. The molecule has 0 aromatic rings. The monoisotopic (exact) mass is 255 g/mol. The van der Waals surface area contributed by atoms with E-state index < -0.39 is 36.5 Å². The first-order chi connectivity index (χ1) is 8.51. The lowest BCUT2D eigenvalue weighted by atomic mass is 9.94. The third kappa shape index (κ3) is 3.09. The van der Waals surface area contributed by atoms with Gasteiger partial charge in [0.15, 0.2) is 6.23 Å². The number of nitrogens with zero attached hydrogens (tertiary/aromatic N) is 4. The molecule has 1 aliphatic heterocycles. The standard InChI is InChI=1S/C9H13N5O4/c1-4(15)12-6-8(17)7(16)5(2-3-10)18-9(6)13-14-11/h5-9,16-17H,2H2,1H3,(H,12,15)/t5-,6-,7-,8-,9-/m1/s1. The highest BCUT2D eigenvalue weighted by molar-refractivity contribution is 5.73. The highest BCUT2D eigenvalue weighted by atomic mass is 16.5. The zero-order chi connectivity index (χ0) is 13.7. The third-order valence-corrected chi connectivity index (χ3v) is 2.55. The van der Waals surface area contributed by atoms with Gasteiger partial charge in [-0.1, -0.05) is 5.11 Å². The number of aliphatic hydroxyl groups excluding tert-OH is 2. The van der Waals surface area contributed by atoms with Crippen molar-refractivity contribution in [3.8, 4) is 6.07 Å². The second-order valence-electron chi connectivity index (χ2n) is 3.84. The van der Waals surface area contributed by atoms with Gasteiger partial charge in [-0.25, -0.2) is 0 Å². The lowest BCUT2D eigenvalue weighted by molar-refractivity contribution is -0.182. The van der Waals surface area contributed by atoms with Crippen LogP contribution in [0.5, 0.6) is 0 Å². The molecule has 1 fully saturated rings. The minimum Gasteiger partial charge on any atom is -0.388 e. The molecule has 5 atom stereocenters. The molecule has 9 heteroatoms. The molecule has 1 rings (SSSR count). The van der Waals surface area contributed by atoms with E-state index in [1.807, 2.05) is 0 Å². The highest BCUT2D eigenvalue weighted by Gasteiger charge is 2.44. The predicted octanol–water partition coefficient (Wildman–Crippen LogP) is -0.838. The van der Waals surface area contributed by atoms with Gasteiger partial charge in [-0.05, 0) is 5.53 Å². The smallest absolute Gasteiger partial charge is 0.217 e. The van der Waals surface area contributed by atoms with Crippen molar-refractivity contribution in [1.82, 2.24) is 5.32 Å². The number of rotatable bonds is 3. The van der Waals surface area contributed by atoms with E-state index in [0.717, 1.165) is 0 Å². The van der Waals surface area contributed by atoms with E-state index in [9.17, 15) is 15.0 Å². The molecule has 0 aromatic heterocycles. The van der Waals surface area contributed by atoms with Gasteiger partial charge in [-0.3, -0.25) is 4.79 Å². The van der Waals surface area contributed by atoms with Gasteiger partial charge in [0.05, 0.1) is 24.6 Å². The first-order valence-corrected chi connectivity index (χ1v) is 5.21. The van der Waals surface area contributed by atoms with Crippen LogP contribution in [0.4, 0.5) is 0 Å². The van der Waals surface area contributed by atoms with E-state index >= 15 is 0 Å². The molecule has 98 valence electrons. The van der Waals surface area contributed by atoms with E-state index in [4.69, 9.17) is 15.5 Å². The van der Waals surface area contributed by atoms with Crippen molar-refractivity contribution < 1.29 is 19.7 Å². The maximum absolute atomic E-state index is 11.0. The Bertz CT molecular complexity index is 402. The van der Waals surface area contributed by atoms with Gasteiger partial charge >= 0.3 is 0 Å². The van der Waals surface area contributed by atoms with Crippen LogP contribution >= 0.6 is 0 Å². The van der Waals surface area contributed by atoms with Crippen LogP contribution in [0.15, 0.2) is 5.11 Å². The average molecular weight is 255 g/mol. The number of nitrogens with one attached hydrogen (secondary N) is 1. The molecule has 9 nitrogen and oxygen atoms in total. The van der Waals surface area contributed by atoms with Gasteiger partial charge in [-0.15, -0.1) is 0 Å². The van der Waals surface area contributed by atoms with Crippen molar-refractivity contribution in [1.29, 1.82) is 5.26 Å². The summed E-state index contributed by atoms with van der Waals surface area (Å²) in [4.78, 5) is 13.5. The van der Waals surface area contributed by atoms with Crippen LogP contribution in [-0.2, 0) is 9.53 Å². The quantitative estimate of drug-likeness (QED) is 0.341. The Balaban J connectivity index is 2.92. The molecule has 1 amide bonds. The first-order valence-electron chi connectivity index (χ1n) is 5.21. The fourth-order valence-corrected chi connectivity index (χ4v) is 1.75. The van der Waals surface area contributed by atoms with E-state index in [2.05, 4.69) is 15.3 Å². The topological polar surface area (TPSA) is 151 Å². The largest absolute Gasteiger partial charge is 0.388 e. The Labute approximate surface area is 103 Å². The van der Waals surface area contributed by atoms with E-state index in [0.29, 0.717) is 0 Å². The van der Waals surface area contributed by atoms with Crippen LogP contribution < -0.4 is 5.32 Å². The van der Waals surface area contributed by atoms with Gasteiger partial charge in [0.2, 0.25) is 5.91 Å². The van der Waals surface area contributed by atoms with Gasteiger partial charge in [0, 0.05) is 11.8 Å². The molecule has 1 heterocycles. The van der Waals surface area contributed by atoms with Crippen molar-refractivity contribution in [2.24, 2.45) is 5.11 Å². The van der Waals surface area contributed by atoms with E-state index in [-0.39, 0.29) is 6.42 Å². The minimum absolute atomic E-state index is 0.164. The first kappa shape index (κ1) is 14.2. The van der Waals surface area contributed by atoms with Gasteiger partial charge in [-0.2, -0.15) is 5.26 Å². The van der Waals surface area contributed by atoms with Crippen molar-refractivity contribution in [2.45, 2.75) is 43.9 Å². The molecule has 1 aliphatic rings. The molecule has 18 heavy (non-hydrogen) atoms. The van der Waals surface area contributed by atoms with Crippen LogP contribution in [0.2, 0.25) is 0 Å². The zero-order valence-corrected chi connectivity index (χ0v) is 9.59.